The van der Waals surface area contributed by atoms with Gasteiger partial charge in [-0.15, -0.1) is 13.2 Å². The lowest BCUT2D eigenvalue weighted by atomic mass is 9.94. The van der Waals surface area contributed by atoms with E-state index in [2.05, 4.69) is 13.2 Å². The fraction of sp³-hybridized carbons (Fsp3) is 0.500. The highest BCUT2D eigenvalue weighted by Gasteiger charge is 2.33. The van der Waals surface area contributed by atoms with Gasteiger partial charge in [0.25, 0.3) is 0 Å². The number of rotatable bonds is 8. The van der Waals surface area contributed by atoms with Gasteiger partial charge in [0.1, 0.15) is 5.54 Å². The summed E-state index contributed by atoms with van der Waals surface area (Å²) in [5.41, 5.74) is 4.17. The minimum atomic E-state index is -2.81. The van der Waals surface area contributed by atoms with Gasteiger partial charge < -0.3 is 10.8 Å². The molecule has 0 rings (SSSR count). The van der Waals surface area contributed by atoms with E-state index < -0.39 is 21.2 Å². The minimum absolute atomic E-state index is 0.00940. The standard InChI is InChI=1S/C10H18N2O3S/c1-3-5-10(11,9(13)14)6-8-16(12,15)7-4-2/h3-4,12H,1-2,5-8,11H2,(H,13,14)/t10-,16?/m0/s1. The lowest BCUT2D eigenvalue weighted by Gasteiger charge is -2.23. The van der Waals surface area contributed by atoms with E-state index in [-0.39, 0.29) is 24.3 Å². The quantitative estimate of drug-likeness (QED) is 0.555. The van der Waals surface area contributed by atoms with Gasteiger partial charge in [0.05, 0.1) is 0 Å². The first-order chi connectivity index (χ1) is 7.27. The number of nitrogens with one attached hydrogen (secondary N) is 1. The van der Waals surface area contributed by atoms with Crippen LogP contribution in [0.1, 0.15) is 12.8 Å². The molecule has 5 nitrogen and oxygen atoms in total. The molecule has 0 aromatic rings. The third-order valence-corrected chi connectivity index (χ3v) is 3.84. The Labute approximate surface area is 96.0 Å². The molecule has 0 spiro atoms. The predicted octanol–water partition coefficient (Wildman–Crippen LogP) is 0.967. The molecule has 0 fully saturated rings. The van der Waals surface area contributed by atoms with Crippen molar-refractivity contribution in [3.8, 4) is 0 Å². The van der Waals surface area contributed by atoms with E-state index in [0.29, 0.717) is 0 Å². The molecule has 6 heteroatoms. The van der Waals surface area contributed by atoms with Crippen molar-refractivity contribution in [2.75, 3.05) is 11.5 Å². The Morgan fingerprint density at radius 3 is 2.44 bits per heavy atom. The van der Waals surface area contributed by atoms with Crippen molar-refractivity contribution in [1.82, 2.24) is 0 Å². The molecule has 0 saturated carbocycles. The fourth-order valence-corrected chi connectivity index (χ4v) is 2.42. The smallest absolute Gasteiger partial charge is 0.324 e. The van der Waals surface area contributed by atoms with E-state index in [4.69, 9.17) is 15.6 Å². The molecule has 0 saturated heterocycles. The lowest BCUT2D eigenvalue weighted by molar-refractivity contribution is -0.143. The number of aliphatic carboxylic acids is 1. The van der Waals surface area contributed by atoms with Crippen LogP contribution in [-0.4, -0.2) is 32.3 Å². The Morgan fingerprint density at radius 2 is 2.06 bits per heavy atom. The van der Waals surface area contributed by atoms with Crippen LogP contribution in [0.4, 0.5) is 0 Å². The zero-order valence-corrected chi connectivity index (χ0v) is 9.96. The summed E-state index contributed by atoms with van der Waals surface area (Å²) >= 11 is 0. The van der Waals surface area contributed by atoms with Crippen LogP contribution in [0.5, 0.6) is 0 Å². The second kappa shape index (κ2) is 5.81. The molecule has 0 aliphatic heterocycles. The van der Waals surface area contributed by atoms with Gasteiger partial charge in [-0.2, -0.15) is 0 Å². The minimum Gasteiger partial charge on any atom is -0.480 e. The summed E-state index contributed by atoms with van der Waals surface area (Å²) in [5.74, 6) is -1.16. The first-order valence-electron chi connectivity index (χ1n) is 4.75. The molecular formula is C10H18N2O3S. The van der Waals surface area contributed by atoms with Gasteiger partial charge in [0.15, 0.2) is 0 Å². The number of carbonyl (C=O) groups is 1. The predicted molar refractivity (Wildman–Crippen MR) is 64.8 cm³/mol. The van der Waals surface area contributed by atoms with Gasteiger partial charge in [0.2, 0.25) is 0 Å². The zero-order valence-electron chi connectivity index (χ0n) is 9.15. The second-order valence-electron chi connectivity index (χ2n) is 3.68. The van der Waals surface area contributed by atoms with Crippen LogP contribution in [-0.2, 0) is 14.5 Å². The van der Waals surface area contributed by atoms with Crippen LogP contribution in [0.15, 0.2) is 25.3 Å². The number of carboxylic acid groups (broad SMARTS) is 1. The summed E-state index contributed by atoms with van der Waals surface area (Å²) in [4.78, 5) is 10.9. The van der Waals surface area contributed by atoms with Gasteiger partial charge in [-0.05, 0) is 12.8 Å². The molecule has 0 bridgehead atoms. The van der Waals surface area contributed by atoms with Crippen LogP contribution in [0.2, 0.25) is 0 Å². The van der Waals surface area contributed by atoms with Gasteiger partial charge >= 0.3 is 5.97 Å². The van der Waals surface area contributed by atoms with Crippen molar-refractivity contribution in [2.45, 2.75) is 18.4 Å². The summed E-state index contributed by atoms with van der Waals surface area (Å²) in [6.45, 7) is 6.83. The third kappa shape index (κ3) is 4.59. The zero-order chi connectivity index (χ0) is 12.8. The van der Waals surface area contributed by atoms with Crippen molar-refractivity contribution >= 4 is 15.7 Å². The van der Waals surface area contributed by atoms with E-state index in [1.807, 2.05) is 0 Å². The number of carboxylic acids is 1. The highest BCUT2D eigenvalue weighted by Crippen LogP contribution is 2.15. The third-order valence-electron chi connectivity index (χ3n) is 2.20. The molecule has 0 amide bonds. The largest absolute Gasteiger partial charge is 0.480 e. The molecule has 1 unspecified atom stereocenters. The lowest BCUT2D eigenvalue weighted by Crippen LogP contribution is -2.48. The molecule has 2 atom stereocenters. The summed E-state index contributed by atoms with van der Waals surface area (Å²) in [6.07, 6.45) is 2.88. The maximum Gasteiger partial charge on any atom is 0.324 e. The van der Waals surface area contributed by atoms with Crippen LogP contribution in [0, 0.1) is 4.78 Å². The molecule has 0 aromatic carbocycles. The average Bonchev–Trinajstić information content (AvgIpc) is 2.15. The van der Waals surface area contributed by atoms with Crippen LogP contribution in [0.25, 0.3) is 0 Å². The van der Waals surface area contributed by atoms with E-state index in [1.54, 1.807) is 0 Å². The Hall–Kier alpha value is -1.14. The molecule has 0 aliphatic carbocycles. The molecule has 92 valence electrons. The molecule has 0 heterocycles. The van der Waals surface area contributed by atoms with E-state index in [1.165, 1.54) is 12.2 Å². The van der Waals surface area contributed by atoms with E-state index in [9.17, 15) is 9.00 Å². The van der Waals surface area contributed by atoms with Crippen molar-refractivity contribution in [3.05, 3.63) is 25.3 Å². The van der Waals surface area contributed by atoms with Crippen LogP contribution < -0.4 is 5.73 Å². The van der Waals surface area contributed by atoms with Crippen LogP contribution in [0.3, 0.4) is 0 Å². The first-order valence-corrected chi connectivity index (χ1v) is 6.65. The summed E-state index contributed by atoms with van der Waals surface area (Å²) in [6, 6.07) is 0. The first kappa shape index (κ1) is 14.9. The maximum atomic E-state index is 11.6. The van der Waals surface area contributed by atoms with Crippen molar-refractivity contribution < 1.29 is 14.1 Å². The van der Waals surface area contributed by atoms with Crippen molar-refractivity contribution in [1.29, 1.82) is 4.78 Å². The number of hydrogen-bond donors (Lipinski definition) is 3. The molecular weight excluding hydrogens is 228 g/mol. The van der Waals surface area contributed by atoms with Crippen molar-refractivity contribution in [2.24, 2.45) is 5.73 Å². The van der Waals surface area contributed by atoms with Gasteiger partial charge in [-0.1, -0.05) is 12.2 Å². The maximum absolute atomic E-state index is 11.6. The Kier molecular flexibility index (Phi) is 5.40. The highest BCUT2D eigenvalue weighted by molar-refractivity contribution is 7.92. The number of nitrogens with two attached hydrogens (primary N) is 1. The monoisotopic (exact) mass is 246 g/mol. The topological polar surface area (TPSA) is 104 Å². The molecule has 4 N–H and O–H groups in total. The van der Waals surface area contributed by atoms with Crippen LogP contribution >= 0.6 is 0 Å². The van der Waals surface area contributed by atoms with Crippen molar-refractivity contribution in [3.63, 3.8) is 0 Å². The van der Waals surface area contributed by atoms with E-state index >= 15 is 0 Å². The van der Waals surface area contributed by atoms with Gasteiger partial charge in [0, 0.05) is 21.2 Å². The van der Waals surface area contributed by atoms with E-state index in [0.717, 1.165) is 0 Å². The van der Waals surface area contributed by atoms with Gasteiger partial charge in [-0.25, -0.2) is 4.21 Å². The molecule has 0 radical (unpaired) electrons. The second-order valence-corrected chi connectivity index (χ2v) is 6.04. The molecule has 16 heavy (non-hydrogen) atoms. The summed E-state index contributed by atoms with van der Waals surface area (Å²) < 4.78 is 19.0. The SMILES string of the molecule is C=CC[C@](N)(CCS(=N)(=O)CC=C)C(=O)O. The Bertz CT molecular complexity index is 376. The van der Waals surface area contributed by atoms with Gasteiger partial charge in [-0.3, -0.25) is 9.57 Å². The normalized spacial score (nSPS) is 18.1. The molecule has 0 aliphatic rings. The number of hydrogen-bond acceptors (Lipinski definition) is 4. The Morgan fingerprint density at radius 1 is 1.50 bits per heavy atom. The average molecular weight is 246 g/mol. The summed E-state index contributed by atoms with van der Waals surface area (Å²) in [7, 11) is -2.81. The highest BCUT2D eigenvalue weighted by atomic mass is 32.2. The summed E-state index contributed by atoms with van der Waals surface area (Å²) in [5, 5.41) is 8.94. The molecule has 0 aromatic heterocycles. The fourth-order valence-electron chi connectivity index (χ4n) is 1.17. The Balaban J connectivity index is 4.62.